The highest BCUT2D eigenvalue weighted by molar-refractivity contribution is 9.09. The second-order valence-corrected chi connectivity index (χ2v) is 6.80. The normalized spacial score (nSPS) is 13.0. The van der Waals surface area contributed by atoms with Crippen LogP contribution in [0.4, 0.5) is 0 Å². The van der Waals surface area contributed by atoms with E-state index in [2.05, 4.69) is 25.8 Å². The molecule has 0 aliphatic heterocycles. The van der Waals surface area contributed by atoms with Crippen LogP contribution < -0.4 is 4.72 Å². The first kappa shape index (κ1) is 13.7. The smallest absolute Gasteiger partial charge is 0.243 e. The van der Waals surface area contributed by atoms with E-state index in [0.29, 0.717) is 6.54 Å². The maximum absolute atomic E-state index is 11.8. The quantitative estimate of drug-likeness (QED) is 0.829. The molecule has 0 aromatic carbocycles. The van der Waals surface area contributed by atoms with E-state index in [9.17, 15) is 8.42 Å². The fourth-order valence-corrected chi connectivity index (χ4v) is 2.38. The van der Waals surface area contributed by atoms with Crippen molar-refractivity contribution < 1.29 is 8.42 Å². The number of aromatic nitrogens is 2. The molecule has 0 spiro atoms. The molecule has 0 amide bonds. The SMILES string of the molecule is Cn1cc(S(=O)(=O)NCC(C)(C)CBr)cn1. The number of halogens is 1. The average molecular weight is 310 g/mol. The molecule has 1 heterocycles. The van der Waals surface area contributed by atoms with Crippen LogP contribution in [0.25, 0.3) is 0 Å². The highest BCUT2D eigenvalue weighted by Gasteiger charge is 2.22. The minimum absolute atomic E-state index is 0.116. The molecule has 1 aromatic rings. The number of nitrogens with one attached hydrogen (secondary N) is 1. The van der Waals surface area contributed by atoms with Gasteiger partial charge < -0.3 is 0 Å². The number of nitrogens with zero attached hydrogens (tertiary/aromatic N) is 2. The Balaban J connectivity index is 2.74. The lowest BCUT2D eigenvalue weighted by Crippen LogP contribution is -2.34. The van der Waals surface area contributed by atoms with E-state index in [-0.39, 0.29) is 10.3 Å². The average Bonchev–Trinajstić information content (AvgIpc) is 2.63. The number of rotatable bonds is 5. The van der Waals surface area contributed by atoms with Gasteiger partial charge in [-0.05, 0) is 5.41 Å². The number of sulfonamides is 1. The molecule has 0 aliphatic carbocycles. The Morgan fingerprint density at radius 3 is 2.62 bits per heavy atom. The lowest BCUT2D eigenvalue weighted by Gasteiger charge is -2.21. The maximum atomic E-state index is 11.8. The lowest BCUT2D eigenvalue weighted by atomic mass is 9.98. The molecule has 0 unspecified atom stereocenters. The Labute approximate surface area is 104 Å². The summed E-state index contributed by atoms with van der Waals surface area (Å²) < 4.78 is 27.7. The van der Waals surface area contributed by atoms with Crippen LogP contribution in [-0.2, 0) is 17.1 Å². The molecule has 1 aromatic heterocycles. The molecule has 1 rings (SSSR count). The van der Waals surface area contributed by atoms with Gasteiger partial charge in [-0.25, -0.2) is 13.1 Å². The number of alkyl halides is 1. The summed E-state index contributed by atoms with van der Waals surface area (Å²) in [5, 5.41) is 4.57. The van der Waals surface area contributed by atoms with Crippen molar-refractivity contribution in [2.24, 2.45) is 12.5 Å². The van der Waals surface area contributed by atoms with Crippen molar-refractivity contribution in [3.05, 3.63) is 12.4 Å². The summed E-state index contributed by atoms with van der Waals surface area (Å²) >= 11 is 3.35. The molecule has 92 valence electrons. The molecule has 16 heavy (non-hydrogen) atoms. The summed E-state index contributed by atoms with van der Waals surface area (Å²) in [7, 11) is -1.75. The van der Waals surface area contributed by atoms with Crippen molar-refractivity contribution in [1.82, 2.24) is 14.5 Å². The Morgan fingerprint density at radius 1 is 1.56 bits per heavy atom. The van der Waals surface area contributed by atoms with Crippen LogP contribution >= 0.6 is 15.9 Å². The maximum Gasteiger partial charge on any atom is 0.243 e. The first-order valence-electron chi connectivity index (χ1n) is 4.81. The van der Waals surface area contributed by atoms with E-state index in [1.54, 1.807) is 7.05 Å². The van der Waals surface area contributed by atoms with E-state index in [1.807, 2.05) is 13.8 Å². The highest BCUT2D eigenvalue weighted by Crippen LogP contribution is 2.17. The van der Waals surface area contributed by atoms with Crippen molar-refractivity contribution in [2.75, 3.05) is 11.9 Å². The molecule has 0 fully saturated rings. The van der Waals surface area contributed by atoms with E-state index < -0.39 is 10.0 Å². The lowest BCUT2D eigenvalue weighted by molar-refractivity contribution is 0.420. The minimum Gasteiger partial charge on any atom is -0.274 e. The summed E-state index contributed by atoms with van der Waals surface area (Å²) in [4.78, 5) is 0.195. The summed E-state index contributed by atoms with van der Waals surface area (Å²) in [6.45, 7) is 4.34. The largest absolute Gasteiger partial charge is 0.274 e. The van der Waals surface area contributed by atoms with Crippen LogP contribution in [0.2, 0.25) is 0 Å². The molecule has 1 N–H and O–H groups in total. The molecule has 0 saturated heterocycles. The first-order valence-corrected chi connectivity index (χ1v) is 7.42. The fraction of sp³-hybridized carbons (Fsp3) is 0.667. The molecule has 0 bridgehead atoms. The van der Waals surface area contributed by atoms with Gasteiger partial charge in [0.05, 0.1) is 6.20 Å². The van der Waals surface area contributed by atoms with E-state index in [4.69, 9.17) is 0 Å². The van der Waals surface area contributed by atoms with E-state index in [0.717, 1.165) is 5.33 Å². The van der Waals surface area contributed by atoms with Crippen LogP contribution in [-0.4, -0.2) is 30.1 Å². The molecule has 0 aliphatic rings. The monoisotopic (exact) mass is 309 g/mol. The highest BCUT2D eigenvalue weighted by atomic mass is 79.9. The predicted molar refractivity (Wildman–Crippen MR) is 66.0 cm³/mol. The third-order valence-electron chi connectivity index (χ3n) is 2.09. The van der Waals surface area contributed by atoms with Crippen LogP contribution in [0.3, 0.4) is 0 Å². The number of aryl methyl sites for hydroxylation is 1. The molecule has 0 radical (unpaired) electrons. The summed E-state index contributed by atoms with van der Waals surface area (Å²) in [5.41, 5.74) is -0.116. The Kier molecular flexibility index (Phi) is 4.14. The van der Waals surface area contributed by atoms with Gasteiger partial charge in [0, 0.05) is 25.1 Å². The van der Waals surface area contributed by atoms with Crippen LogP contribution in [0, 0.1) is 5.41 Å². The fourth-order valence-electron chi connectivity index (χ4n) is 0.959. The standard InChI is InChI=1S/C9H16BrN3O2S/c1-9(2,6-10)7-12-16(14,15)8-4-11-13(3)5-8/h4-5,12H,6-7H2,1-3H3. The second kappa shape index (κ2) is 4.85. The Hall–Kier alpha value is -0.400. The molecular weight excluding hydrogens is 294 g/mol. The molecule has 5 nitrogen and oxygen atoms in total. The van der Waals surface area contributed by atoms with E-state index in [1.165, 1.54) is 17.1 Å². The molecule has 0 atom stereocenters. The van der Waals surface area contributed by atoms with Crippen LogP contribution in [0.1, 0.15) is 13.8 Å². The Bertz CT molecular complexity index is 453. The van der Waals surface area contributed by atoms with Crippen LogP contribution in [0.15, 0.2) is 17.3 Å². The first-order chi connectivity index (χ1) is 7.27. The van der Waals surface area contributed by atoms with Crippen molar-refractivity contribution in [1.29, 1.82) is 0 Å². The summed E-state index contributed by atoms with van der Waals surface area (Å²) in [5.74, 6) is 0. The van der Waals surface area contributed by atoms with Gasteiger partial charge in [0.2, 0.25) is 10.0 Å². The minimum atomic E-state index is -3.44. The zero-order valence-electron chi connectivity index (χ0n) is 9.57. The summed E-state index contributed by atoms with van der Waals surface area (Å²) in [6.07, 6.45) is 2.81. The third-order valence-corrected chi connectivity index (χ3v) is 4.97. The van der Waals surface area contributed by atoms with Gasteiger partial charge in [-0.1, -0.05) is 29.8 Å². The van der Waals surface area contributed by atoms with Crippen molar-refractivity contribution in [3.8, 4) is 0 Å². The van der Waals surface area contributed by atoms with Gasteiger partial charge in [-0.15, -0.1) is 0 Å². The molecule has 7 heteroatoms. The number of hydrogen-bond donors (Lipinski definition) is 1. The third kappa shape index (κ3) is 3.57. The zero-order valence-corrected chi connectivity index (χ0v) is 12.0. The topological polar surface area (TPSA) is 64.0 Å². The molecular formula is C9H16BrN3O2S. The second-order valence-electron chi connectivity index (χ2n) is 4.47. The zero-order chi connectivity index (χ0) is 12.4. The molecule has 0 saturated carbocycles. The van der Waals surface area contributed by atoms with Gasteiger partial charge in [-0.3, -0.25) is 4.68 Å². The Morgan fingerprint density at radius 2 is 2.19 bits per heavy atom. The summed E-state index contributed by atoms with van der Waals surface area (Å²) in [6, 6.07) is 0. The van der Waals surface area contributed by atoms with Crippen molar-refractivity contribution in [2.45, 2.75) is 18.7 Å². The van der Waals surface area contributed by atoms with Gasteiger partial charge in [-0.2, -0.15) is 5.10 Å². The van der Waals surface area contributed by atoms with Gasteiger partial charge in [0.1, 0.15) is 4.90 Å². The van der Waals surface area contributed by atoms with E-state index >= 15 is 0 Å². The predicted octanol–water partition coefficient (Wildman–Crippen LogP) is 1.12. The van der Waals surface area contributed by atoms with Gasteiger partial charge in [0.25, 0.3) is 0 Å². The van der Waals surface area contributed by atoms with Gasteiger partial charge >= 0.3 is 0 Å². The van der Waals surface area contributed by atoms with Crippen LogP contribution in [0.5, 0.6) is 0 Å². The van der Waals surface area contributed by atoms with Crippen molar-refractivity contribution >= 4 is 26.0 Å². The van der Waals surface area contributed by atoms with Crippen molar-refractivity contribution in [3.63, 3.8) is 0 Å². The number of hydrogen-bond acceptors (Lipinski definition) is 3. The van der Waals surface area contributed by atoms with Gasteiger partial charge in [0.15, 0.2) is 0 Å².